The summed E-state index contributed by atoms with van der Waals surface area (Å²) in [6.45, 7) is 2.36. The third kappa shape index (κ3) is 4.51. The van der Waals surface area contributed by atoms with Crippen molar-refractivity contribution in [3.05, 3.63) is 42.4 Å². The summed E-state index contributed by atoms with van der Waals surface area (Å²) in [7, 11) is 1.51. The second kappa shape index (κ2) is 8.60. The average Bonchev–Trinajstić information content (AvgIpc) is 3.22. The van der Waals surface area contributed by atoms with Gasteiger partial charge in [0.25, 0.3) is 5.91 Å². The molecule has 148 valence electrons. The van der Waals surface area contributed by atoms with Crippen molar-refractivity contribution in [3.8, 4) is 5.75 Å². The zero-order valence-electron chi connectivity index (χ0n) is 15.9. The highest BCUT2D eigenvalue weighted by atomic mass is 16.5. The molecule has 0 aliphatic carbocycles. The lowest BCUT2D eigenvalue weighted by Gasteiger charge is -2.32. The van der Waals surface area contributed by atoms with E-state index in [0.29, 0.717) is 42.2 Å². The first-order valence-electron chi connectivity index (χ1n) is 9.06. The monoisotopic (exact) mass is 385 g/mol. The topological polar surface area (TPSA) is 101 Å². The second-order valence-electron chi connectivity index (χ2n) is 6.69. The first kappa shape index (κ1) is 19.5. The number of piperidine rings is 1. The van der Waals surface area contributed by atoms with Gasteiger partial charge in [0.15, 0.2) is 0 Å². The van der Waals surface area contributed by atoms with Gasteiger partial charge in [-0.25, -0.2) is 0 Å². The van der Waals surface area contributed by atoms with Crippen molar-refractivity contribution in [2.24, 2.45) is 5.92 Å². The number of anilines is 2. The fourth-order valence-electron chi connectivity index (χ4n) is 3.27. The van der Waals surface area contributed by atoms with Gasteiger partial charge < -0.3 is 24.7 Å². The van der Waals surface area contributed by atoms with E-state index in [4.69, 9.17) is 9.15 Å². The minimum absolute atomic E-state index is 0.142. The molecule has 1 aliphatic heterocycles. The van der Waals surface area contributed by atoms with Gasteiger partial charge in [-0.15, -0.1) is 0 Å². The van der Waals surface area contributed by atoms with Crippen molar-refractivity contribution < 1.29 is 23.5 Å². The van der Waals surface area contributed by atoms with Crippen molar-refractivity contribution in [2.75, 3.05) is 30.8 Å². The Labute approximate surface area is 162 Å². The molecule has 2 heterocycles. The third-order valence-electron chi connectivity index (χ3n) is 4.63. The number of nitrogens with zero attached hydrogens (tertiary/aromatic N) is 1. The molecule has 28 heavy (non-hydrogen) atoms. The lowest BCUT2D eigenvalue weighted by Crippen LogP contribution is -2.43. The van der Waals surface area contributed by atoms with Crippen molar-refractivity contribution in [1.29, 1.82) is 0 Å². The van der Waals surface area contributed by atoms with E-state index in [9.17, 15) is 14.4 Å². The van der Waals surface area contributed by atoms with Gasteiger partial charge in [-0.3, -0.25) is 14.4 Å². The van der Waals surface area contributed by atoms with Gasteiger partial charge in [0, 0.05) is 25.7 Å². The number of carbonyl (C=O) groups excluding carboxylic acids is 3. The Morgan fingerprint density at radius 3 is 2.71 bits per heavy atom. The molecule has 1 atom stereocenters. The van der Waals surface area contributed by atoms with Gasteiger partial charge in [0.2, 0.25) is 11.8 Å². The summed E-state index contributed by atoms with van der Waals surface area (Å²) in [5, 5.41) is 5.55. The van der Waals surface area contributed by atoms with E-state index in [-0.39, 0.29) is 23.6 Å². The molecule has 8 heteroatoms. The molecule has 0 bridgehead atoms. The van der Waals surface area contributed by atoms with Gasteiger partial charge in [0.1, 0.15) is 12.0 Å². The molecule has 0 spiro atoms. The van der Waals surface area contributed by atoms with Crippen LogP contribution in [0.15, 0.2) is 41.2 Å². The number of furan rings is 1. The molecule has 2 aromatic rings. The maximum atomic E-state index is 12.8. The zero-order valence-corrected chi connectivity index (χ0v) is 15.9. The molecule has 0 radical (unpaired) electrons. The second-order valence-corrected chi connectivity index (χ2v) is 6.69. The van der Waals surface area contributed by atoms with E-state index in [1.807, 2.05) is 0 Å². The fourth-order valence-corrected chi connectivity index (χ4v) is 3.27. The molecule has 1 aliphatic rings. The number of hydrogen-bond acceptors (Lipinski definition) is 5. The SMILES string of the molecule is COc1ccc(NC(C)=O)cc1NC(=O)[C@@H]1CCCN(C(=O)c2ccoc2)C1. The summed E-state index contributed by atoms with van der Waals surface area (Å²) < 4.78 is 10.3. The summed E-state index contributed by atoms with van der Waals surface area (Å²) >= 11 is 0. The number of nitrogens with one attached hydrogen (secondary N) is 2. The quantitative estimate of drug-likeness (QED) is 0.824. The number of carbonyl (C=O) groups is 3. The molecular weight excluding hydrogens is 362 g/mol. The first-order chi connectivity index (χ1) is 13.5. The normalized spacial score (nSPS) is 16.4. The van der Waals surface area contributed by atoms with Gasteiger partial charge in [-0.05, 0) is 37.1 Å². The smallest absolute Gasteiger partial charge is 0.257 e. The van der Waals surface area contributed by atoms with Crippen LogP contribution in [0.3, 0.4) is 0 Å². The fraction of sp³-hybridized carbons (Fsp3) is 0.350. The molecule has 1 fully saturated rings. The third-order valence-corrected chi connectivity index (χ3v) is 4.63. The number of amides is 3. The molecular formula is C20H23N3O5. The zero-order chi connectivity index (χ0) is 20.1. The van der Waals surface area contributed by atoms with Crippen LogP contribution < -0.4 is 15.4 Å². The number of benzene rings is 1. The summed E-state index contributed by atoms with van der Waals surface area (Å²) in [5.74, 6) is -0.383. The van der Waals surface area contributed by atoms with Gasteiger partial charge in [-0.1, -0.05) is 0 Å². The largest absolute Gasteiger partial charge is 0.495 e. The minimum atomic E-state index is -0.335. The molecule has 3 rings (SSSR count). The van der Waals surface area contributed by atoms with Crippen LogP contribution in [0, 0.1) is 5.92 Å². The molecule has 1 aromatic heterocycles. The van der Waals surface area contributed by atoms with Crippen LogP contribution in [-0.2, 0) is 9.59 Å². The van der Waals surface area contributed by atoms with E-state index >= 15 is 0 Å². The molecule has 1 saturated heterocycles. The average molecular weight is 385 g/mol. The molecule has 0 saturated carbocycles. The lowest BCUT2D eigenvalue weighted by atomic mass is 9.96. The van der Waals surface area contributed by atoms with E-state index in [1.54, 1.807) is 29.2 Å². The van der Waals surface area contributed by atoms with Gasteiger partial charge in [0.05, 0.1) is 30.5 Å². The number of methoxy groups -OCH3 is 1. The molecule has 1 aromatic carbocycles. The van der Waals surface area contributed by atoms with Gasteiger partial charge >= 0.3 is 0 Å². The van der Waals surface area contributed by atoms with Crippen LogP contribution >= 0.6 is 0 Å². The Hall–Kier alpha value is -3.29. The van der Waals surface area contributed by atoms with Crippen molar-refractivity contribution in [3.63, 3.8) is 0 Å². The Balaban J connectivity index is 1.70. The Morgan fingerprint density at radius 2 is 2.04 bits per heavy atom. The van der Waals surface area contributed by atoms with E-state index in [1.165, 1.54) is 26.6 Å². The summed E-state index contributed by atoms with van der Waals surface area (Å²) in [6.07, 6.45) is 4.29. The number of hydrogen-bond donors (Lipinski definition) is 2. The molecule has 8 nitrogen and oxygen atoms in total. The van der Waals surface area contributed by atoms with Crippen molar-refractivity contribution in [2.45, 2.75) is 19.8 Å². The van der Waals surface area contributed by atoms with Crippen LogP contribution in [0.2, 0.25) is 0 Å². The van der Waals surface area contributed by atoms with E-state index < -0.39 is 0 Å². The predicted octanol–water partition coefficient (Wildman–Crippen LogP) is 2.74. The van der Waals surface area contributed by atoms with Gasteiger partial charge in [-0.2, -0.15) is 0 Å². The Kier molecular flexibility index (Phi) is 5.98. The van der Waals surface area contributed by atoms with Crippen molar-refractivity contribution in [1.82, 2.24) is 4.90 Å². The van der Waals surface area contributed by atoms with Crippen molar-refractivity contribution >= 4 is 29.1 Å². The first-order valence-corrected chi connectivity index (χ1v) is 9.06. The highest BCUT2D eigenvalue weighted by Gasteiger charge is 2.29. The van der Waals surface area contributed by atoms with Crippen LogP contribution in [0.1, 0.15) is 30.1 Å². The maximum Gasteiger partial charge on any atom is 0.257 e. The van der Waals surface area contributed by atoms with Crippen LogP contribution in [-0.4, -0.2) is 42.8 Å². The van der Waals surface area contributed by atoms with Crippen LogP contribution in [0.25, 0.3) is 0 Å². The molecule has 3 amide bonds. The maximum absolute atomic E-state index is 12.8. The molecule has 2 N–H and O–H groups in total. The Morgan fingerprint density at radius 1 is 1.21 bits per heavy atom. The lowest BCUT2D eigenvalue weighted by molar-refractivity contribution is -0.121. The Bertz CT molecular complexity index is 863. The molecule has 0 unspecified atom stereocenters. The number of ether oxygens (including phenoxy) is 1. The number of likely N-dealkylation sites (tertiary alicyclic amines) is 1. The van der Waals surface area contributed by atoms with Crippen LogP contribution in [0.5, 0.6) is 5.75 Å². The number of rotatable bonds is 5. The van der Waals surface area contributed by atoms with Crippen LogP contribution in [0.4, 0.5) is 11.4 Å². The van der Waals surface area contributed by atoms with E-state index in [0.717, 1.165) is 6.42 Å². The standard InChI is InChI=1S/C20H23N3O5/c1-13(24)21-16-5-6-18(27-2)17(10-16)22-19(25)14-4-3-8-23(11-14)20(26)15-7-9-28-12-15/h5-7,9-10,12,14H,3-4,8,11H2,1-2H3,(H,21,24)(H,22,25)/t14-/m1/s1. The predicted molar refractivity (Wildman–Crippen MR) is 103 cm³/mol. The van der Waals surface area contributed by atoms with E-state index in [2.05, 4.69) is 10.6 Å². The summed E-state index contributed by atoms with van der Waals surface area (Å²) in [4.78, 5) is 38.3. The summed E-state index contributed by atoms with van der Waals surface area (Å²) in [6, 6.07) is 6.64. The summed E-state index contributed by atoms with van der Waals surface area (Å²) in [5.41, 5.74) is 1.51. The highest BCUT2D eigenvalue weighted by molar-refractivity contribution is 5.97. The minimum Gasteiger partial charge on any atom is -0.495 e. The highest BCUT2D eigenvalue weighted by Crippen LogP contribution is 2.29.